The van der Waals surface area contributed by atoms with Gasteiger partial charge in [0, 0.05) is 12.2 Å². The molecule has 1 amide bonds. The predicted molar refractivity (Wildman–Crippen MR) is 81.6 cm³/mol. The SMILES string of the molecule is Cc1nnc(CNC(=O)c2nc3cccnc3s2)n1C1CC1. The Kier molecular flexibility index (Phi) is 3.11. The second-order valence-electron chi connectivity index (χ2n) is 5.29. The first-order chi connectivity index (χ1) is 10.7. The average molecular weight is 314 g/mol. The van der Waals surface area contributed by atoms with Crippen LogP contribution in [-0.2, 0) is 6.54 Å². The molecule has 8 heteroatoms. The van der Waals surface area contributed by atoms with Gasteiger partial charge in [0.2, 0.25) is 0 Å². The van der Waals surface area contributed by atoms with Crippen molar-refractivity contribution in [2.75, 3.05) is 0 Å². The first kappa shape index (κ1) is 13.3. The Labute approximate surface area is 130 Å². The lowest BCUT2D eigenvalue weighted by Gasteiger charge is -2.07. The molecule has 0 atom stereocenters. The van der Waals surface area contributed by atoms with Gasteiger partial charge in [0.1, 0.15) is 16.2 Å². The van der Waals surface area contributed by atoms with E-state index >= 15 is 0 Å². The van der Waals surface area contributed by atoms with E-state index in [1.54, 1.807) is 6.20 Å². The van der Waals surface area contributed by atoms with E-state index in [4.69, 9.17) is 0 Å². The molecule has 3 aromatic heterocycles. The zero-order valence-electron chi connectivity index (χ0n) is 12.0. The van der Waals surface area contributed by atoms with Gasteiger partial charge in [-0.2, -0.15) is 0 Å². The van der Waals surface area contributed by atoms with Gasteiger partial charge in [-0.3, -0.25) is 4.79 Å². The molecule has 0 aliphatic heterocycles. The van der Waals surface area contributed by atoms with E-state index in [9.17, 15) is 4.79 Å². The fourth-order valence-electron chi connectivity index (χ4n) is 2.44. The minimum absolute atomic E-state index is 0.203. The number of hydrogen-bond donors (Lipinski definition) is 1. The third-order valence-electron chi connectivity index (χ3n) is 3.62. The van der Waals surface area contributed by atoms with Crippen molar-refractivity contribution >= 4 is 27.6 Å². The highest BCUT2D eigenvalue weighted by Gasteiger charge is 2.28. The molecule has 1 fully saturated rings. The topological polar surface area (TPSA) is 85.6 Å². The molecule has 1 aliphatic rings. The number of pyridine rings is 1. The van der Waals surface area contributed by atoms with Crippen molar-refractivity contribution in [2.45, 2.75) is 32.4 Å². The van der Waals surface area contributed by atoms with Gasteiger partial charge in [0.05, 0.1) is 6.54 Å². The molecule has 1 aliphatic carbocycles. The van der Waals surface area contributed by atoms with Crippen LogP contribution in [0.2, 0.25) is 0 Å². The molecule has 7 nitrogen and oxygen atoms in total. The maximum absolute atomic E-state index is 12.2. The maximum Gasteiger partial charge on any atom is 0.280 e. The molecule has 22 heavy (non-hydrogen) atoms. The number of aryl methyl sites for hydroxylation is 1. The molecule has 0 bridgehead atoms. The van der Waals surface area contributed by atoms with Gasteiger partial charge in [0.15, 0.2) is 10.8 Å². The average Bonchev–Trinajstić information content (AvgIpc) is 3.15. The lowest BCUT2D eigenvalue weighted by molar-refractivity contribution is 0.0949. The monoisotopic (exact) mass is 314 g/mol. The standard InChI is InChI=1S/C14H14N6OS/c1-8-18-19-11(20(8)9-4-5-9)7-16-12(21)14-17-10-3-2-6-15-13(10)22-14/h2-3,6,9H,4-5,7H2,1H3,(H,16,21). The summed E-state index contributed by atoms with van der Waals surface area (Å²) in [5.74, 6) is 1.49. The van der Waals surface area contributed by atoms with Crippen molar-refractivity contribution in [1.82, 2.24) is 30.0 Å². The Morgan fingerprint density at radius 2 is 2.32 bits per heavy atom. The number of nitrogens with zero attached hydrogens (tertiary/aromatic N) is 5. The van der Waals surface area contributed by atoms with Gasteiger partial charge in [0.25, 0.3) is 5.91 Å². The minimum Gasteiger partial charge on any atom is -0.343 e. The Balaban J connectivity index is 1.50. The van der Waals surface area contributed by atoms with Crippen LogP contribution >= 0.6 is 11.3 Å². The molecule has 0 unspecified atom stereocenters. The van der Waals surface area contributed by atoms with E-state index in [0.29, 0.717) is 17.6 Å². The van der Waals surface area contributed by atoms with E-state index in [0.717, 1.165) is 34.8 Å². The molecule has 3 heterocycles. The molecule has 112 valence electrons. The number of amides is 1. The van der Waals surface area contributed by atoms with Crippen molar-refractivity contribution in [3.05, 3.63) is 35.0 Å². The van der Waals surface area contributed by atoms with Crippen molar-refractivity contribution in [3.8, 4) is 0 Å². The number of carbonyl (C=O) groups is 1. The smallest absolute Gasteiger partial charge is 0.280 e. The number of fused-ring (bicyclic) bond motifs is 1. The van der Waals surface area contributed by atoms with Crippen molar-refractivity contribution in [3.63, 3.8) is 0 Å². The van der Waals surface area contributed by atoms with Crippen LogP contribution in [0, 0.1) is 6.92 Å². The van der Waals surface area contributed by atoms with Crippen molar-refractivity contribution in [2.24, 2.45) is 0 Å². The summed E-state index contributed by atoms with van der Waals surface area (Å²) in [5.41, 5.74) is 0.745. The van der Waals surface area contributed by atoms with E-state index in [2.05, 4.69) is 30.0 Å². The molecule has 0 saturated heterocycles. The second-order valence-corrected chi connectivity index (χ2v) is 6.27. The minimum atomic E-state index is -0.203. The Morgan fingerprint density at radius 3 is 3.09 bits per heavy atom. The molecule has 0 aromatic carbocycles. The van der Waals surface area contributed by atoms with Crippen LogP contribution in [0.15, 0.2) is 18.3 Å². The molecule has 4 rings (SSSR count). The van der Waals surface area contributed by atoms with E-state index in [1.807, 2.05) is 19.1 Å². The number of rotatable bonds is 4. The lowest BCUT2D eigenvalue weighted by Crippen LogP contribution is -2.24. The molecular formula is C14H14N6OS. The Hall–Kier alpha value is -2.35. The Bertz CT molecular complexity index is 817. The predicted octanol–water partition coefficient (Wildman–Crippen LogP) is 1.86. The molecule has 3 aromatic rings. The third-order valence-corrected chi connectivity index (χ3v) is 4.59. The van der Waals surface area contributed by atoms with Crippen LogP contribution in [0.3, 0.4) is 0 Å². The van der Waals surface area contributed by atoms with Gasteiger partial charge in [-0.15, -0.1) is 10.2 Å². The molecular weight excluding hydrogens is 300 g/mol. The van der Waals surface area contributed by atoms with Crippen LogP contribution in [0.4, 0.5) is 0 Å². The van der Waals surface area contributed by atoms with Gasteiger partial charge in [-0.05, 0) is 31.9 Å². The van der Waals surface area contributed by atoms with Crippen LogP contribution in [0.1, 0.15) is 40.3 Å². The molecule has 0 spiro atoms. The first-order valence-corrected chi connectivity index (χ1v) is 7.94. The highest BCUT2D eigenvalue weighted by atomic mass is 32.1. The normalized spacial score (nSPS) is 14.4. The van der Waals surface area contributed by atoms with E-state index in [-0.39, 0.29) is 5.91 Å². The summed E-state index contributed by atoms with van der Waals surface area (Å²) in [4.78, 5) is 21.5. The highest BCUT2D eigenvalue weighted by molar-refractivity contribution is 7.19. The molecule has 1 saturated carbocycles. The van der Waals surface area contributed by atoms with Crippen LogP contribution < -0.4 is 5.32 Å². The molecule has 1 N–H and O–H groups in total. The summed E-state index contributed by atoms with van der Waals surface area (Å²) in [6.07, 6.45) is 4.01. The molecule has 0 radical (unpaired) electrons. The van der Waals surface area contributed by atoms with E-state index in [1.165, 1.54) is 11.3 Å². The van der Waals surface area contributed by atoms with Gasteiger partial charge in [-0.25, -0.2) is 9.97 Å². The zero-order chi connectivity index (χ0) is 15.1. The second kappa shape index (κ2) is 5.13. The number of thiazole rings is 1. The lowest BCUT2D eigenvalue weighted by atomic mass is 10.4. The van der Waals surface area contributed by atoms with Crippen LogP contribution in [0.5, 0.6) is 0 Å². The summed E-state index contributed by atoms with van der Waals surface area (Å²) >= 11 is 1.29. The summed E-state index contributed by atoms with van der Waals surface area (Å²) in [7, 11) is 0. The Morgan fingerprint density at radius 1 is 1.45 bits per heavy atom. The van der Waals surface area contributed by atoms with Crippen LogP contribution in [-0.4, -0.2) is 30.6 Å². The van der Waals surface area contributed by atoms with E-state index < -0.39 is 0 Å². The fourth-order valence-corrected chi connectivity index (χ4v) is 3.27. The number of nitrogens with one attached hydrogen (secondary N) is 1. The van der Waals surface area contributed by atoms with Gasteiger partial charge in [-0.1, -0.05) is 11.3 Å². The number of hydrogen-bond acceptors (Lipinski definition) is 6. The number of carbonyl (C=O) groups excluding carboxylic acids is 1. The van der Waals surface area contributed by atoms with Crippen molar-refractivity contribution < 1.29 is 4.79 Å². The van der Waals surface area contributed by atoms with Gasteiger partial charge >= 0.3 is 0 Å². The summed E-state index contributed by atoms with van der Waals surface area (Å²) in [6, 6.07) is 4.15. The van der Waals surface area contributed by atoms with Gasteiger partial charge < -0.3 is 9.88 Å². The van der Waals surface area contributed by atoms with Crippen LogP contribution in [0.25, 0.3) is 10.3 Å². The summed E-state index contributed by atoms with van der Waals surface area (Å²) in [5, 5.41) is 11.5. The summed E-state index contributed by atoms with van der Waals surface area (Å²) in [6.45, 7) is 2.30. The summed E-state index contributed by atoms with van der Waals surface area (Å²) < 4.78 is 2.11. The fraction of sp³-hybridized carbons (Fsp3) is 0.357. The highest BCUT2D eigenvalue weighted by Crippen LogP contribution is 2.36. The first-order valence-electron chi connectivity index (χ1n) is 7.12. The quantitative estimate of drug-likeness (QED) is 0.794. The third kappa shape index (κ3) is 2.35. The van der Waals surface area contributed by atoms with Crippen molar-refractivity contribution in [1.29, 1.82) is 0 Å². The maximum atomic E-state index is 12.2. The largest absolute Gasteiger partial charge is 0.343 e. The zero-order valence-corrected chi connectivity index (χ0v) is 12.8. The number of aromatic nitrogens is 5.